The second kappa shape index (κ2) is 4.68. The molecule has 19 heavy (non-hydrogen) atoms. The second-order valence-corrected chi connectivity index (χ2v) is 5.29. The molecule has 0 fully saturated rings. The zero-order valence-corrected chi connectivity index (χ0v) is 11.6. The predicted molar refractivity (Wildman–Crippen MR) is 76.1 cm³/mol. The highest BCUT2D eigenvalue weighted by Gasteiger charge is 2.12. The topological polar surface area (TPSA) is 50.9 Å². The summed E-state index contributed by atoms with van der Waals surface area (Å²) in [4.78, 5) is 4.46. The number of nitrogens with zero attached hydrogens (tertiary/aromatic N) is 3. The molecule has 0 aliphatic rings. The molecule has 0 spiro atoms. The highest BCUT2D eigenvalue weighted by molar-refractivity contribution is 7.12. The van der Waals surface area contributed by atoms with Gasteiger partial charge in [-0.1, -0.05) is 29.8 Å². The Morgan fingerprint density at radius 2 is 2.11 bits per heavy atom. The smallest absolute Gasteiger partial charge is 0.216 e. The lowest BCUT2D eigenvalue weighted by molar-refractivity contribution is 0.433. The maximum absolute atomic E-state index is 9.76. The van der Waals surface area contributed by atoms with Crippen molar-refractivity contribution in [3.8, 4) is 22.3 Å². The predicted octanol–water partition coefficient (Wildman–Crippen LogP) is 3.66. The number of rotatable bonds is 2. The molecule has 0 aliphatic heterocycles. The molecule has 2 aromatic heterocycles. The Morgan fingerprint density at radius 3 is 2.79 bits per heavy atom. The van der Waals surface area contributed by atoms with Crippen molar-refractivity contribution in [1.29, 1.82) is 0 Å². The van der Waals surface area contributed by atoms with Gasteiger partial charge >= 0.3 is 0 Å². The van der Waals surface area contributed by atoms with E-state index in [0.717, 1.165) is 17.0 Å². The molecule has 0 aliphatic carbocycles. The molecule has 3 rings (SSSR count). The summed E-state index contributed by atoms with van der Waals surface area (Å²) in [6, 6.07) is 9.12. The zero-order valence-electron chi connectivity index (χ0n) is 10.0. The van der Waals surface area contributed by atoms with Gasteiger partial charge in [0, 0.05) is 22.0 Å². The van der Waals surface area contributed by atoms with Gasteiger partial charge in [-0.3, -0.25) is 0 Å². The molecule has 6 heteroatoms. The van der Waals surface area contributed by atoms with Crippen LogP contribution < -0.4 is 0 Å². The molecule has 4 nitrogen and oxygen atoms in total. The zero-order chi connectivity index (χ0) is 13.4. The molecule has 2 heterocycles. The van der Waals surface area contributed by atoms with Crippen LogP contribution in [0.1, 0.15) is 5.69 Å². The van der Waals surface area contributed by atoms with E-state index in [-0.39, 0.29) is 5.88 Å². The summed E-state index contributed by atoms with van der Waals surface area (Å²) in [6.07, 6.45) is 0. The number of aryl methyl sites for hydroxylation is 1. The molecule has 0 amide bonds. The average molecular weight is 292 g/mol. The number of benzene rings is 1. The van der Waals surface area contributed by atoms with Gasteiger partial charge in [0.2, 0.25) is 11.0 Å². The van der Waals surface area contributed by atoms with E-state index in [1.54, 1.807) is 6.07 Å². The first kappa shape index (κ1) is 12.2. The maximum Gasteiger partial charge on any atom is 0.216 e. The van der Waals surface area contributed by atoms with Crippen LogP contribution in [0.2, 0.25) is 5.02 Å². The van der Waals surface area contributed by atoms with Crippen LogP contribution in [-0.2, 0) is 0 Å². The van der Waals surface area contributed by atoms with Crippen LogP contribution in [0.5, 0.6) is 5.88 Å². The Balaban J connectivity index is 2.05. The molecule has 0 atom stereocenters. The van der Waals surface area contributed by atoms with Crippen molar-refractivity contribution in [2.75, 3.05) is 0 Å². The SMILES string of the molecule is Cc1cc(O)n(-c2nc(-c3ccccc3Cl)cs2)n1. The third-order valence-electron chi connectivity index (χ3n) is 2.64. The van der Waals surface area contributed by atoms with Crippen LogP contribution in [0.3, 0.4) is 0 Å². The van der Waals surface area contributed by atoms with E-state index in [9.17, 15) is 5.11 Å². The molecule has 1 N–H and O–H groups in total. The Bertz CT molecular complexity index is 735. The first-order valence-electron chi connectivity index (χ1n) is 5.61. The van der Waals surface area contributed by atoms with Gasteiger partial charge in [0.1, 0.15) is 0 Å². The lowest BCUT2D eigenvalue weighted by Crippen LogP contribution is -1.95. The number of thiazole rings is 1. The summed E-state index contributed by atoms with van der Waals surface area (Å²) in [6.45, 7) is 1.82. The minimum absolute atomic E-state index is 0.0811. The summed E-state index contributed by atoms with van der Waals surface area (Å²) < 4.78 is 1.42. The van der Waals surface area contributed by atoms with Crippen LogP contribution >= 0.6 is 22.9 Å². The van der Waals surface area contributed by atoms with Crippen LogP contribution in [0.4, 0.5) is 0 Å². The van der Waals surface area contributed by atoms with Gasteiger partial charge in [0.15, 0.2) is 0 Å². The summed E-state index contributed by atoms with van der Waals surface area (Å²) in [5.74, 6) is 0.0811. The van der Waals surface area contributed by atoms with E-state index in [2.05, 4.69) is 10.1 Å². The molecule has 0 bridgehead atoms. The van der Waals surface area contributed by atoms with Gasteiger partial charge in [-0.15, -0.1) is 11.3 Å². The van der Waals surface area contributed by atoms with Gasteiger partial charge in [-0.05, 0) is 13.0 Å². The van der Waals surface area contributed by atoms with E-state index in [1.165, 1.54) is 16.0 Å². The number of halogens is 1. The van der Waals surface area contributed by atoms with Crippen molar-refractivity contribution < 1.29 is 5.11 Å². The first-order chi connectivity index (χ1) is 9.15. The van der Waals surface area contributed by atoms with Crippen molar-refractivity contribution in [2.45, 2.75) is 6.92 Å². The van der Waals surface area contributed by atoms with E-state index in [0.29, 0.717) is 10.2 Å². The monoisotopic (exact) mass is 291 g/mol. The Kier molecular flexibility index (Phi) is 3.00. The highest BCUT2D eigenvalue weighted by Crippen LogP contribution is 2.30. The molecule has 0 saturated heterocycles. The molecule has 96 valence electrons. The van der Waals surface area contributed by atoms with Crippen molar-refractivity contribution in [3.63, 3.8) is 0 Å². The van der Waals surface area contributed by atoms with Crippen LogP contribution in [-0.4, -0.2) is 19.9 Å². The molecule has 3 aromatic rings. The van der Waals surface area contributed by atoms with Crippen molar-refractivity contribution >= 4 is 22.9 Å². The summed E-state index contributed by atoms with van der Waals surface area (Å²) in [7, 11) is 0. The van der Waals surface area contributed by atoms with Gasteiger partial charge in [-0.2, -0.15) is 9.78 Å². The van der Waals surface area contributed by atoms with Gasteiger partial charge in [0.25, 0.3) is 0 Å². The molecule has 0 saturated carbocycles. The van der Waals surface area contributed by atoms with E-state index >= 15 is 0 Å². The molecule has 1 aromatic carbocycles. The molecule has 0 unspecified atom stereocenters. The standard InChI is InChI=1S/C13H10ClN3OS/c1-8-6-12(18)17(16-8)13-15-11(7-19-13)9-4-2-3-5-10(9)14/h2-7,18H,1H3. The lowest BCUT2D eigenvalue weighted by atomic mass is 10.2. The quantitative estimate of drug-likeness (QED) is 0.784. The molecular formula is C13H10ClN3OS. The second-order valence-electron chi connectivity index (χ2n) is 4.05. The van der Waals surface area contributed by atoms with Crippen LogP contribution in [0.25, 0.3) is 16.4 Å². The van der Waals surface area contributed by atoms with E-state index in [1.807, 2.05) is 36.6 Å². The lowest BCUT2D eigenvalue weighted by Gasteiger charge is -1.99. The minimum atomic E-state index is 0.0811. The normalized spacial score (nSPS) is 10.8. The molecular weight excluding hydrogens is 282 g/mol. The number of aromatic nitrogens is 3. The Morgan fingerprint density at radius 1 is 1.32 bits per heavy atom. The third-order valence-corrected chi connectivity index (χ3v) is 3.78. The number of aromatic hydroxyl groups is 1. The summed E-state index contributed by atoms with van der Waals surface area (Å²) in [5.41, 5.74) is 2.39. The highest BCUT2D eigenvalue weighted by atomic mass is 35.5. The largest absolute Gasteiger partial charge is 0.493 e. The first-order valence-corrected chi connectivity index (χ1v) is 6.87. The van der Waals surface area contributed by atoms with Crippen LogP contribution in [0.15, 0.2) is 35.7 Å². The van der Waals surface area contributed by atoms with Crippen molar-refractivity contribution in [2.24, 2.45) is 0 Å². The Hall–Kier alpha value is -1.85. The fourth-order valence-electron chi connectivity index (χ4n) is 1.78. The number of hydrogen-bond donors (Lipinski definition) is 1. The average Bonchev–Trinajstić information content (AvgIpc) is 2.96. The number of hydrogen-bond acceptors (Lipinski definition) is 4. The molecule has 0 radical (unpaired) electrons. The fourth-order valence-corrected chi connectivity index (χ4v) is 2.80. The van der Waals surface area contributed by atoms with Gasteiger partial charge in [-0.25, -0.2) is 4.98 Å². The fraction of sp³-hybridized carbons (Fsp3) is 0.0769. The minimum Gasteiger partial charge on any atom is -0.493 e. The van der Waals surface area contributed by atoms with Gasteiger partial charge < -0.3 is 5.11 Å². The van der Waals surface area contributed by atoms with E-state index < -0.39 is 0 Å². The Labute approximate surface area is 118 Å². The summed E-state index contributed by atoms with van der Waals surface area (Å²) >= 11 is 7.55. The van der Waals surface area contributed by atoms with Crippen molar-refractivity contribution in [3.05, 3.63) is 46.4 Å². The maximum atomic E-state index is 9.76. The summed E-state index contributed by atoms with van der Waals surface area (Å²) in [5, 5.41) is 17.1. The van der Waals surface area contributed by atoms with Gasteiger partial charge in [0.05, 0.1) is 11.4 Å². The van der Waals surface area contributed by atoms with Crippen molar-refractivity contribution in [1.82, 2.24) is 14.8 Å². The van der Waals surface area contributed by atoms with Crippen LogP contribution in [0, 0.1) is 6.92 Å². The van der Waals surface area contributed by atoms with E-state index in [4.69, 9.17) is 11.6 Å². The third kappa shape index (κ3) is 2.22.